The summed E-state index contributed by atoms with van der Waals surface area (Å²) in [6, 6.07) is 49.4. The van der Waals surface area contributed by atoms with Crippen LogP contribution in [0.2, 0.25) is 0 Å². The molecule has 6 aromatic carbocycles. The fraction of sp³-hybridized carbons (Fsp3) is 0. The van der Waals surface area contributed by atoms with E-state index in [1.165, 1.54) is 21.8 Å². The first-order valence-corrected chi connectivity index (χ1v) is 13.0. The molecule has 0 saturated carbocycles. The van der Waals surface area contributed by atoms with Gasteiger partial charge < -0.3 is 8.98 Å². The molecule has 8 aromatic rings. The Bertz CT molecular complexity index is 2110. The number of para-hydroxylation sites is 4. The number of furan rings is 1. The van der Waals surface area contributed by atoms with Crippen LogP contribution in [0.25, 0.3) is 71.7 Å². The number of fused-ring (bicyclic) bond motifs is 6. The van der Waals surface area contributed by atoms with Crippen molar-refractivity contribution in [1.29, 1.82) is 0 Å². The molecule has 0 atom stereocenters. The first-order chi connectivity index (χ1) is 18.9. The Kier molecular flexibility index (Phi) is 4.55. The van der Waals surface area contributed by atoms with Crippen LogP contribution in [-0.2, 0) is 0 Å². The van der Waals surface area contributed by atoms with Gasteiger partial charge >= 0.3 is 0 Å². The summed E-state index contributed by atoms with van der Waals surface area (Å²) in [6.45, 7) is 0. The molecule has 178 valence electrons. The molecule has 2 nitrogen and oxygen atoms in total. The lowest BCUT2D eigenvalue weighted by Gasteiger charge is -2.09. The van der Waals surface area contributed by atoms with Crippen LogP contribution in [-0.4, -0.2) is 4.57 Å². The van der Waals surface area contributed by atoms with Crippen LogP contribution in [0.15, 0.2) is 144 Å². The van der Waals surface area contributed by atoms with Gasteiger partial charge in [0.2, 0.25) is 0 Å². The lowest BCUT2D eigenvalue weighted by Crippen LogP contribution is -1.93. The highest BCUT2D eigenvalue weighted by molar-refractivity contribution is 6.14. The first-order valence-electron chi connectivity index (χ1n) is 13.0. The normalized spacial score (nSPS) is 11.7. The van der Waals surface area contributed by atoms with Crippen molar-refractivity contribution >= 4 is 43.7 Å². The predicted octanol–water partition coefficient (Wildman–Crippen LogP) is 10.0. The molecule has 0 amide bonds. The maximum Gasteiger partial charge on any atom is 0.143 e. The Balaban J connectivity index is 1.40. The molecule has 0 saturated heterocycles. The number of aromatic nitrogens is 1. The Hall–Kier alpha value is -5.08. The molecule has 2 heteroatoms. The minimum Gasteiger partial charge on any atom is -0.455 e. The SMILES string of the molecule is c1ccc(-c2cccc3c2oc2c(-c4ccc5c6ccccc6n(-c6ccccc6)c5c4)cccc23)cc1. The third kappa shape index (κ3) is 3.07. The van der Waals surface area contributed by atoms with Crippen LogP contribution in [0, 0.1) is 0 Å². The summed E-state index contributed by atoms with van der Waals surface area (Å²) >= 11 is 0. The Labute approximate surface area is 220 Å². The summed E-state index contributed by atoms with van der Waals surface area (Å²) < 4.78 is 9.06. The van der Waals surface area contributed by atoms with Crippen molar-refractivity contribution in [2.75, 3.05) is 0 Å². The van der Waals surface area contributed by atoms with Crippen LogP contribution < -0.4 is 0 Å². The van der Waals surface area contributed by atoms with E-state index in [2.05, 4.69) is 138 Å². The van der Waals surface area contributed by atoms with E-state index in [-0.39, 0.29) is 0 Å². The van der Waals surface area contributed by atoms with Gasteiger partial charge in [0.1, 0.15) is 11.2 Å². The fourth-order valence-corrected chi connectivity index (χ4v) is 5.89. The highest BCUT2D eigenvalue weighted by Crippen LogP contribution is 2.41. The third-order valence-electron chi connectivity index (χ3n) is 7.61. The van der Waals surface area contributed by atoms with E-state index >= 15 is 0 Å². The summed E-state index contributed by atoms with van der Waals surface area (Å²) in [6.07, 6.45) is 0. The maximum atomic E-state index is 6.70. The molecule has 0 bridgehead atoms. The second-order valence-electron chi connectivity index (χ2n) is 9.75. The molecule has 0 N–H and O–H groups in total. The van der Waals surface area contributed by atoms with Crippen molar-refractivity contribution in [3.05, 3.63) is 140 Å². The van der Waals surface area contributed by atoms with Crippen molar-refractivity contribution in [1.82, 2.24) is 4.57 Å². The van der Waals surface area contributed by atoms with Gasteiger partial charge in [0.05, 0.1) is 11.0 Å². The third-order valence-corrected chi connectivity index (χ3v) is 7.61. The van der Waals surface area contributed by atoms with Crippen molar-refractivity contribution in [2.24, 2.45) is 0 Å². The molecule has 0 aliphatic heterocycles. The number of benzene rings is 6. The van der Waals surface area contributed by atoms with E-state index in [0.29, 0.717) is 0 Å². The van der Waals surface area contributed by atoms with Gasteiger partial charge in [-0.15, -0.1) is 0 Å². The largest absolute Gasteiger partial charge is 0.455 e. The summed E-state index contributed by atoms with van der Waals surface area (Å²) in [4.78, 5) is 0. The smallest absolute Gasteiger partial charge is 0.143 e. The molecule has 0 spiro atoms. The van der Waals surface area contributed by atoms with Crippen LogP contribution in [0.4, 0.5) is 0 Å². The summed E-state index contributed by atoms with van der Waals surface area (Å²) in [7, 11) is 0. The first kappa shape index (κ1) is 21.0. The van der Waals surface area contributed by atoms with Gasteiger partial charge in [-0.2, -0.15) is 0 Å². The molecular weight excluding hydrogens is 462 g/mol. The molecule has 2 heterocycles. The molecule has 38 heavy (non-hydrogen) atoms. The van der Waals surface area contributed by atoms with E-state index in [9.17, 15) is 0 Å². The maximum absolute atomic E-state index is 6.70. The Morgan fingerprint density at radius 2 is 0.974 bits per heavy atom. The second kappa shape index (κ2) is 8.22. The standard InChI is InChI=1S/C36H23NO/c1-3-11-24(12-4-1)27-16-9-18-31-32-19-10-17-28(36(32)38-35(27)31)25-21-22-30-29-15-7-8-20-33(29)37(34(30)23-25)26-13-5-2-6-14-26/h1-23H. The van der Waals surface area contributed by atoms with Crippen molar-refractivity contribution < 1.29 is 4.42 Å². The van der Waals surface area contributed by atoms with Gasteiger partial charge in [-0.1, -0.05) is 115 Å². The van der Waals surface area contributed by atoms with Crippen LogP contribution in [0.1, 0.15) is 0 Å². The molecule has 0 radical (unpaired) electrons. The average Bonchev–Trinajstić information content (AvgIpc) is 3.53. The van der Waals surface area contributed by atoms with Crippen LogP contribution in [0.5, 0.6) is 0 Å². The lowest BCUT2D eigenvalue weighted by molar-refractivity contribution is 0.671. The fourth-order valence-electron chi connectivity index (χ4n) is 5.89. The summed E-state index contributed by atoms with van der Waals surface area (Å²) in [5.74, 6) is 0. The summed E-state index contributed by atoms with van der Waals surface area (Å²) in [5.41, 5.74) is 9.93. The monoisotopic (exact) mass is 485 g/mol. The zero-order valence-corrected chi connectivity index (χ0v) is 20.6. The number of hydrogen-bond donors (Lipinski definition) is 0. The minimum absolute atomic E-state index is 0.924. The van der Waals surface area contributed by atoms with Crippen LogP contribution in [0.3, 0.4) is 0 Å². The highest BCUT2D eigenvalue weighted by Gasteiger charge is 2.17. The number of rotatable bonds is 3. The lowest BCUT2D eigenvalue weighted by atomic mass is 9.99. The molecule has 2 aromatic heterocycles. The van der Waals surface area contributed by atoms with Gasteiger partial charge in [0.15, 0.2) is 0 Å². The van der Waals surface area contributed by atoms with E-state index in [1.807, 2.05) is 6.07 Å². The topological polar surface area (TPSA) is 18.1 Å². The van der Waals surface area contributed by atoms with Crippen molar-refractivity contribution in [3.63, 3.8) is 0 Å². The predicted molar refractivity (Wildman–Crippen MR) is 159 cm³/mol. The molecule has 0 aliphatic carbocycles. The molecule has 0 aliphatic rings. The zero-order chi connectivity index (χ0) is 25.1. The van der Waals surface area contributed by atoms with Gasteiger partial charge in [-0.25, -0.2) is 0 Å². The van der Waals surface area contributed by atoms with E-state index < -0.39 is 0 Å². The van der Waals surface area contributed by atoms with E-state index in [4.69, 9.17) is 4.42 Å². The second-order valence-corrected chi connectivity index (χ2v) is 9.75. The molecule has 8 rings (SSSR count). The average molecular weight is 486 g/mol. The van der Waals surface area contributed by atoms with Gasteiger partial charge in [0, 0.05) is 38.4 Å². The van der Waals surface area contributed by atoms with Gasteiger partial charge in [-0.3, -0.25) is 0 Å². The Morgan fingerprint density at radius 3 is 1.71 bits per heavy atom. The van der Waals surface area contributed by atoms with Crippen molar-refractivity contribution in [3.8, 4) is 27.9 Å². The van der Waals surface area contributed by atoms with E-state index in [0.717, 1.165) is 49.9 Å². The molecular formula is C36H23NO. The number of nitrogens with zero attached hydrogens (tertiary/aromatic N) is 1. The molecule has 0 unspecified atom stereocenters. The quantitative estimate of drug-likeness (QED) is 0.243. The zero-order valence-electron chi connectivity index (χ0n) is 20.6. The highest BCUT2D eigenvalue weighted by atomic mass is 16.3. The number of hydrogen-bond acceptors (Lipinski definition) is 1. The summed E-state index contributed by atoms with van der Waals surface area (Å²) in [5, 5.41) is 4.78. The Morgan fingerprint density at radius 1 is 0.395 bits per heavy atom. The van der Waals surface area contributed by atoms with Crippen molar-refractivity contribution in [2.45, 2.75) is 0 Å². The van der Waals surface area contributed by atoms with Gasteiger partial charge in [0.25, 0.3) is 0 Å². The minimum atomic E-state index is 0.924. The van der Waals surface area contributed by atoms with E-state index in [1.54, 1.807) is 0 Å². The van der Waals surface area contributed by atoms with Gasteiger partial charge in [-0.05, 0) is 35.4 Å². The van der Waals surface area contributed by atoms with Crippen LogP contribution >= 0.6 is 0 Å². The molecule has 0 fully saturated rings.